The number of nitrogens with zero attached hydrogens (tertiary/aromatic N) is 4. The lowest BCUT2D eigenvalue weighted by atomic mass is 9.94. The highest BCUT2D eigenvalue weighted by molar-refractivity contribution is 6.36. The Balaban J connectivity index is 1.20. The molecule has 4 aromatic rings. The Labute approximate surface area is 311 Å². The molecule has 274 valence electrons. The number of nitrogens with one attached hydrogen (secondary N) is 2. The molecular weight excluding hydrogens is 676 g/mol. The van der Waals surface area contributed by atoms with Crippen molar-refractivity contribution in [3.8, 4) is 45.3 Å². The van der Waals surface area contributed by atoms with Crippen molar-refractivity contribution in [2.45, 2.75) is 71.6 Å². The molecule has 0 saturated carbocycles. The first-order chi connectivity index (χ1) is 25.1. The number of benzene rings is 2. The summed E-state index contributed by atoms with van der Waals surface area (Å²) in [5.41, 5.74) is 8.44. The number of methoxy groups -OCH3 is 2. The van der Waals surface area contributed by atoms with Gasteiger partial charge in [0, 0.05) is 99.2 Å². The fraction of sp³-hybridized carbons (Fsp3) is 0.415. The number of piperidine rings is 2. The molecule has 2 fully saturated rings. The van der Waals surface area contributed by atoms with Crippen molar-refractivity contribution < 1.29 is 19.1 Å². The van der Waals surface area contributed by atoms with E-state index in [1.807, 2.05) is 36.5 Å². The van der Waals surface area contributed by atoms with E-state index in [0.29, 0.717) is 10.9 Å². The molecule has 2 aliphatic heterocycles. The number of halogens is 1. The summed E-state index contributed by atoms with van der Waals surface area (Å²) in [6, 6.07) is 18.9. The predicted octanol–water partition coefficient (Wildman–Crippen LogP) is 6.66. The van der Waals surface area contributed by atoms with Crippen molar-refractivity contribution >= 4 is 23.4 Å². The van der Waals surface area contributed by atoms with Gasteiger partial charge in [0.05, 0.1) is 30.6 Å². The molecule has 52 heavy (non-hydrogen) atoms. The van der Waals surface area contributed by atoms with E-state index in [1.165, 1.54) is 0 Å². The summed E-state index contributed by atoms with van der Waals surface area (Å²) in [7, 11) is 3.36. The average Bonchev–Trinajstić information content (AvgIpc) is 3.13. The van der Waals surface area contributed by atoms with Crippen LogP contribution >= 0.6 is 11.6 Å². The molecule has 2 saturated heterocycles. The van der Waals surface area contributed by atoms with E-state index in [0.717, 1.165) is 121 Å². The van der Waals surface area contributed by atoms with Gasteiger partial charge in [0.15, 0.2) is 0 Å². The van der Waals surface area contributed by atoms with Crippen LogP contribution in [0, 0.1) is 6.92 Å². The topological polar surface area (TPSA) is 109 Å². The Hall–Kier alpha value is -4.51. The van der Waals surface area contributed by atoms with Crippen molar-refractivity contribution in [2.24, 2.45) is 0 Å². The van der Waals surface area contributed by atoms with E-state index < -0.39 is 0 Å². The lowest BCUT2D eigenvalue weighted by Crippen LogP contribution is -2.43. The average molecular weight is 725 g/mol. The zero-order chi connectivity index (χ0) is 36.8. The maximum atomic E-state index is 11.5. The van der Waals surface area contributed by atoms with Gasteiger partial charge >= 0.3 is 0 Å². The van der Waals surface area contributed by atoms with Crippen molar-refractivity contribution in [3.05, 3.63) is 82.5 Å². The molecule has 2 N–H and O–H groups in total. The third-order valence-corrected chi connectivity index (χ3v) is 10.6. The standard InChI is InChI=1S/C41H49ClN6O4/c1-26-34(13-18-43-40(26)29-9-10-30(38(23-29)51-4)24-47-19-14-32(15-20-47)44-27(2)49)35-7-6-8-36(39(35)42)37-12-11-31(41(46-37)52-5)25-48-21-16-33(17-22-48)45-28(3)50/h6-13,18,23,32-33H,14-17,19-22,24-25H2,1-5H3,(H,44,49)(H,45,50). The summed E-state index contributed by atoms with van der Waals surface area (Å²) in [6.45, 7) is 10.4. The van der Waals surface area contributed by atoms with Gasteiger partial charge in [-0.25, -0.2) is 4.98 Å². The van der Waals surface area contributed by atoms with E-state index in [-0.39, 0.29) is 23.9 Å². The first kappa shape index (κ1) is 37.3. The van der Waals surface area contributed by atoms with Gasteiger partial charge in [0.2, 0.25) is 17.7 Å². The Morgan fingerprint density at radius 3 is 1.98 bits per heavy atom. The largest absolute Gasteiger partial charge is 0.496 e. The number of hydrogen-bond acceptors (Lipinski definition) is 8. The SMILES string of the molecule is COc1cc(-c2nccc(-c3cccc(-c4ccc(CN5CCC(NC(C)=O)CC5)c(OC)n4)c3Cl)c2C)ccc1CN1CCC(NC(C)=O)CC1. The minimum atomic E-state index is 0.0257. The third-order valence-electron chi connectivity index (χ3n) is 10.2. The van der Waals surface area contributed by atoms with Gasteiger partial charge in [-0.15, -0.1) is 0 Å². The number of rotatable bonds is 11. The third kappa shape index (κ3) is 8.74. The van der Waals surface area contributed by atoms with E-state index in [9.17, 15) is 9.59 Å². The van der Waals surface area contributed by atoms with Gasteiger partial charge < -0.3 is 20.1 Å². The molecule has 0 aliphatic carbocycles. The first-order valence-electron chi connectivity index (χ1n) is 18.1. The summed E-state index contributed by atoms with van der Waals surface area (Å²) < 4.78 is 11.7. The van der Waals surface area contributed by atoms with Gasteiger partial charge in [0.25, 0.3) is 0 Å². The van der Waals surface area contributed by atoms with Gasteiger partial charge in [-0.1, -0.05) is 48.0 Å². The van der Waals surface area contributed by atoms with Crippen molar-refractivity contribution in [1.82, 2.24) is 30.4 Å². The minimum absolute atomic E-state index is 0.0257. The highest BCUT2D eigenvalue weighted by Gasteiger charge is 2.23. The number of carbonyl (C=O) groups is 2. The Kier molecular flexibility index (Phi) is 12.1. The molecular formula is C41H49ClN6O4. The van der Waals surface area contributed by atoms with E-state index in [2.05, 4.69) is 51.6 Å². The second kappa shape index (κ2) is 16.9. The van der Waals surface area contributed by atoms with Crippen LogP contribution in [0.15, 0.2) is 60.8 Å². The summed E-state index contributed by atoms with van der Waals surface area (Å²) in [6.07, 6.45) is 5.56. The monoisotopic (exact) mass is 724 g/mol. The number of carbonyl (C=O) groups excluding carboxylic acids is 2. The number of aromatic nitrogens is 2. The van der Waals surface area contributed by atoms with Crippen LogP contribution in [0.4, 0.5) is 0 Å². The molecule has 0 bridgehead atoms. The molecule has 0 radical (unpaired) electrons. The molecule has 0 atom stereocenters. The van der Waals surface area contributed by atoms with Crippen LogP contribution < -0.4 is 20.1 Å². The fourth-order valence-electron chi connectivity index (χ4n) is 7.52. The number of hydrogen-bond donors (Lipinski definition) is 2. The van der Waals surface area contributed by atoms with E-state index in [1.54, 1.807) is 28.1 Å². The van der Waals surface area contributed by atoms with Crippen LogP contribution in [0.1, 0.15) is 56.2 Å². The number of likely N-dealkylation sites (tertiary alicyclic amines) is 2. The van der Waals surface area contributed by atoms with Crippen LogP contribution in [-0.4, -0.2) is 84.1 Å². The summed E-state index contributed by atoms with van der Waals surface area (Å²) in [5, 5.41) is 6.70. The summed E-state index contributed by atoms with van der Waals surface area (Å²) in [4.78, 5) is 37.4. The second-order valence-corrected chi connectivity index (χ2v) is 14.3. The molecule has 6 rings (SSSR count). The van der Waals surface area contributed by atoms with Crippen LogP contribution in [0.5, 0.6) is 11.6 Å². The molecule has 2 aromatic carbocycles. The van der Waals surface area contributed by atoms with Gasteiger partial charge in [-0.2, -0.15) is 0 Å². The normalized spacial score (nSPS) is 16.0. The maximum absolute atomic E-state index is 11.5. The zero-order valence-electron chi connectivity index (χ0n) is 30.8. The maximum Gasteiger partial charge on any atom is 0.218 e. The van der Waals surface area contributed by atoms with Crippen molar-refractivity contribution in [2.75, 3.05) is 40.4 Å². The Morgan fingerprint density at radius 2 is 1.38 bits per heavy atom. The molecule has 11 heteroatoms. The minimum Gasteiger partial charge on any atom is -0.496 e. The first-order valence-corrected chi connectivity index (χ1v) is 18.5. The fourth-order valence-corrected chi connectivity index (χ4v) is 7.85. The summed E-state index contributed by atoms with van der Waals surface area (Å²) in [5.74, 6) is 1.47. The molecule has 0 unspecified atom stereocenters. The van der Waals surface area contributed by atoms with Gasteiger partial charge in [-0.3, -0.25) is 24.4 Å². The Bertz CT molecular complexity index is 1770. The van der Waals surface area contributed by atoms with Crippen LogP contribution in [-0.2, 0) is 22.7 Å². The van der Waals surface area contributed by atoms with Crippen molar-refractivity contribution in [1.29, 1.82) is 0 Å². The molecule has 2 aromatic heterocycles. The number of amides is 2. The quantitative estimate of drug-likeness (QED) is 0.177. The Morgan fingerprint density at radius 1 is 0.788 bits per heavy atom. The van der Waals surface area contributed by atoms with E-state index >= 15 is 0 Å². The van der Waals surface area contributed by atoms with Gasteiger partial charge in [0.1, 0.15) is 5.75 Å². The summed E-state index contributed by atoms with van der Waals surface area (Å²) >= 11 is 7.20. The smallest absolute Gasteiger partial charge is 0.218 e. The highest BCUT2D eigenvalue weighted by atomic mass is 35.5. The highest BCUT2D eigenvalue weighted by Crippen LogP contribution is 2.40. The predicted molar refractivity (Wildman–Crippen MR) is 205 cm³/mol. The second-order valence-electron chi connectivity index (χ2n) is 13.9. The number of ether oxygens (including phenoxy) is 2. The zero-order valence-corrected chi connectivity index (χ0v) is 31.6. The van der Waals surface area contributed by atoms with Crippen molar-refractivity contribution in [3.63, 3.8) is 0 Å². The van der Waals surface area contributed by atoms with Crippen LogP contribution in [0.25, 0.3) is 33.6 Å². The molecule has 2 amide bonds. The van der Waals surface area contributed by atoms with Crippen LogP contribution in [0.2, 0.25) is 5.02 Å². The van der Waals surface area contributed by atoms with Gasteiger partial charge in [-0.05, 0) is 61.9 Å². The van der Waals surface area contributed by atoms with Crippen LogP contribution in [0.3, 0.4) is 0 Å². The molecule has 2 aliphatic rings. The molecule has 4 heterocycles. The molecule has 10 nitrogen and oxygen atoms in total. The molecule has 0 spiro atoms. The van der Waals surface area contributed by atoms with E-state index in [4.69, 9.17) is 31.0 Å². The number of pyridine rings is 2. The lowest BCUT2D eigenvalue weighted by molar-refractivity contribution is -0.120. The lowest BCUT2D eigenvalue weighted by Gasteiger charge is -2.32.